The number of nitrogens with zero attached hydrogens (tertiary/aromatic N) is 2. The van der Waals surface area contributed by atoms with Crippen LogP contribution in [-0.4, -0.2) is 49.7 Å². The second kappa shape index (κ2) is 13.8. The number of quaternary nitrogens is 1. The topological polar surface area (TPSA) is 29.5 Å². The number of benzene rings is 2. The van der Waals surface area contributed by atoms with E-state index in [-0.39, 0.29) is 38.8 Å². The summed E-state index contributed by atoms with van der Waals surface area (Å²) >= 11 is 0. The van der Waals surface area contributed by atoms with Crippen LogP contribution in [0.3, 0.4) is 0 Å². The Morgan fingerprint density at radius 3 is 2.00 bits per heavy atom. The second-order valence-corrected chi connectivity index (χ2v) is 9.81. The van der Waals surface area contributed by atoms with Gasteiger partial charge in [-0.2, -0.15) is 0 Å². The fraction of sp³-hybridized carbons (Fsp3) is 0.552. The van der Waals surface area contributed by atoms with Gasteiger partial charge in [0.25, 0.3) is 5.91 Å². The summed E-state index contributed by atoms with van der Waals surface area (Å²) in [4.78, 5) is 15.7. The van der Waals surface area contributed by atoms with Crippen molar-refractivity contribution in [1.29, 1.82) is 0 Å². The van der Waals surface area contributed by atoms with Gasteiger partial charge in [0.05, 0.1) is 26.7 Å². The van der Waals surface area contributed by atoms with E-state index in [1.165, 1.54) is 44.3 Å². The number of aryl methyl sites for hydroxylation is 3. The quantitative estimate of drug-likeness (QED) is 0.432. The maximum Gasteiger partial charge on any atom is 0.285 e. The Kier molecular flexibility index (Phi) is 11.7. The van der Waals surface area contributed by atoms with Crippen LogP contribution in [0.5, 0.6) is 5.75 Å². The van der Waals surface area contributed by atoms with E-state index < -0.39 is 0 Å². The van der Waals surface area contributed by atoms with Crippen LogP contribution in [-0.2, 0) is 37.5 Å². The number of rotatable bonds is 4. The molecule has 0 spiro atoms. The van der Waals surface area contributed by atoms with Crippen LogP contribution in [0.25, 0.3) is 0 Å². The average Bonchev–Trinajstić information content (AvgIpc) is 3.07. The predicted molar refractivity (Wildman–Crippen MR) is 138 cm³/mol. The predicted octanol–water partition coefficient (Wildman–Crippen LogP) is 6.21. The van der Waals surface area contributed by atoms with E-state index in [2.05, 4.69) is 56.9 Å². The van der Waals surface area contributed by atoms with Crippen molar-refractivity contribution in [3.63, 3.8) is 0 Å². The molecule has 0 aliphatic carbocycles. The van der Waals surface area contributed by atoms with E-state index in [1.54, 1.807) is 7.11 Å². The molecule has 1 radical (unpaired) electrons. The smallest absolute Gasteiger partial charge is 0.285 e. The molecule has 2 heterocycles. The Labute approximate surface area is 232 Å². The van der Waals surface area contributed by atoms with Crippen LogP contribution < -0.4 is 9.64 Å². The normalized spacial score (nSPS) is 19.9. The van der Waals surface area contributed by atoms with Gasteiger partial charge >= 0.3 is 0 Å². The summed E-state index contributed by atoms with van der Waals surface area (Å²) in [6.07, 6.45) is 7.30. The molecule has 1 atom stereocenters. The van der Waals surface area contributed by atoms with Gasteiger partial charge in [0.15, 0.2) is 6.04 Å². The summed E-state index contributed by atoms with van der Waals surface area (Å²) in [5, 5.41) is 0. The van der Waals surface area contributed by atoms with Crippen molar-refractivity contribution in [3.05, 3.63) is 59.2 Å². The van der Waals surface area contributed by atoms with Crippen LogP contribution in [0.2, 0.25) is 0 Å². The molecule has 4 nitrogen and oxygen atoms in total. The summed E-state index contributed by atoms with van der Waals surface area (Å²) < 4.78 is 6.41. The zero-order chi connectivity index (χ0) is 23.8. The number of likely N-dealkylation sites (tertiary alicyclic amines) is 1. The summed E-state index contributed by atoms with van der Waals surface area (Å²) in [5.41, 5.74) is 4.69. The molecule has 34 heavy (non-hydrogen) atoms. The first kappa shape index (κ1) is 29.0. The maximum atomic E-state index is 13.6. The number of amides is 1. The van der Waals surface area contributed by atoms with Crippen molar-refractivity contribution in [3.8, 4) is 5.75 Å². The van der Waals surface area contributed by atoms with Gasteiger partial charge in [-0.15, -0.1) is 0 Å². The summed E-state index contributed by atoms with van der Waals surface area (Å²) in [6.45, 7) is 12.8. The molecular formula is C29H43N2O2Y+. The first-order chi connectivity index (χ1) is 15.9. The van der Waals surface area contributed by atoms with Crippen LogP contribution in [0.15, 0.2) is 42.5 Å². The third-order valence-corrected chi connectivity index (χ3v) is 7.57. The number of carbonyl (C=O) groups is 1. The Morgan fingerprint density at radius 1 is 0.941 bits per heavy atom. The van der Waals surface area contributed by atoms with Crippen molar-refractivity contribution in [2.75, 3.05) is 38.2 Å². The number of ether oxygens (including phenoxy) is 1. The number of carbonyl (C=O) groups excluding carboxylic acids is 1. The van der Waals surface area contributed by atoms with E-state index >= 15 is 0 Å². The molecule has 183 valence electrons. The van der Waals surface area contributed by atoms with Crippen molar-refractivity contribution < 1.29 is 46.7 Å². The zero-order valence-electron chi connectivity index (χ0n) is 22.0. The Hall–Kier alpha value is -1.23. The number of piperidine rings is 1. The largest absolute Gasteiger partial charge is 0.497 e. The summed E-state index contributed by atoms with van der Waals surface area (Å²) in [5.74, 6) is 1.21. The number of methoxy groups -OCH3 is 1. The molecular weight excluding hydrogens is 497 g/mol. The van der Waals surface area contributed by atoms with Crippen LogP contribution in [0.4, 0.5) is 5.69 Å². The van der Waals surface area contributed by atoms with Gasteiger partial charge in [0, 0.05) is 51.4 Å². The monoisotopic (exact) mass is 540 g/mol. The molecule has 0 bridgehead atoms. The minimum Gasteiger partial charge on any atom is -0.497 e. The first-order valence-electron chi connectivity index (χ1n) is 12.8. The van der Waals surface area contributed by atoms with Gasteiger partial charge in [-0.05, 0) is 83.1 Å². The molecule has 0 aromatic heterocycles. The number of hydrogen-bond acceptors (Lipinski definition) is 2. The first-order valence-corrected chi connectivity index (χ1v) is 12.8. The van der Waals surface area contributed by atoms with Gasteiger partial charge in [-0.25, -0.2) is 0 Å². The number of likely N-dealkylation sites (N-methyl/N-ethyl adjacent to an activating group) is 1. The minimum atomic E-state index is 0. The maximum absolute atomic E-state index is 13.6. The molecule has 1 amide bonds. The third-order valence-electron chi connectivity index (χ3n) is 7.57. The third kappa shape index (κ3) is 6.92. The summed E-state index contributed by atoms with van der Waals surface area (Å²) in [6, 6.07) is 14.5. The van der Waals surface area contributed by atoms with Crippen molar-refractivity contribution in [2.24, 2.45) is 0 Å². The summed E-state index contributed by atoms with van der Waals surface area (Å²) in [7, 11) is 1.70. The van der Waals surface area contributed by atoms with Crippen LogP contribution >= 0.6 is 0 Å². The molecule has 0 saturated carbocycles. The Balaban J connectivity index is 0.000000439. The van der Waals surface area contributed by atoms with Gasteiger partial charge in [0.2, 0.25) is 0 Å². The molecule has 4 rings (SSSR count). The number of hydrogen-bond donors (Lipinski definition) is 0. The molecule has 2 aromatic carbocycles. The molecule has 2 aromatic rings. The molecule has 2 aliphatic heterocycles. The van der Waals surface area contributed by atoms with Gasteiger partial charge in [0.1, 0.15) is 5.75 Å². The zero-order valence-corrected chi connectivity index (χ0v) is 24.8. The average molecular weight is 541 g/mol. The number of anilines is 1. The van der Waals surface area contributed by atoms with Crippen LogP contribution in [0.1, 0.15) is 62.1 Å². The minimum absolute atomic E-state index is 0. The Morgan fingerprint density at radius 2 is 1.53 bits per heavy atom. The fourth-order valence-electron chi connectivity index (χ4n) is 5.75. The van der Waals surface area contributed by atoms with E-state index in [4.69, 9.17) is 4.74 Å². The van der Waals surface area contributed by atoms with E-state index in [0.29, 0.717) is 5.91 Å². The van der Waals surface area contributed by atoms with Gasteiger partial charge in [-0.3, -0.25) is 4.79 Å². The van der Waals surface area contributed by atoms with Gasteiger partial charge < -0.3 is 14.1 Å². The molecule has 2 fully saturated rings. The van der Waals surface area contributed by atoms with Crippen molar-refractivity contribution in [2.45, 2.75) is 72.3 Å². The molecule has 2 saturated heterocycles. The van der Waals surface area contributed by atoms with E-state index in [1.807, 2.05) is 18.2 Å². The molecule has 5 heteroatoms. The Bertz CT molecular complexity index is 885. The molecule has 2 aliphatic rings. The second-order valence-electron chi connectivity index (χ2n) is 9.81. The van der Waals surface area contributed by atoms with Crippen molar-refractivity contribution in [1.82, 2.24) is 0 Å². The SMILES string of the molecule is CC[N+]1(C2CCCN(c3c(C)cc(OC)cc3C)C2=O)CCCCCC1.Cc1ccccc1.[Y]. The van der Waals surface area contributed by atoms with E-state index in [9.17, 15) is 4.79 Å². The van der Waals surface area contributed by atoms with E-state index in [0.717, 1.165) is 53.0 Å². The molecule has 0 N–H and O–H groups in total. The van der Waals surface area contributed by atoms with Crippen molar-refractivity contribution >= 4 is 11.6 Å². The molecule has 1 unspecified atom stereocenters. The fourth-order valence-corrected chi connectivity index (χ4v) is 5.75. The van der Waals surface area contributed by atoms with Gasteiger partial charge in [-0.1, -0.05) is 35.9 Å². The van der Waals surface area contributed by atoms with Crippen LogP contribution in [0, 0.1) is 20.8 Å². The standard InChI is InChI=1S/C22H35N2O2.C7H8.Y/c1-5-24(13-8-6-7-9-14-24)20-11-10-12-23(22(20)25)21-17(2)15-19(26-4)16-18(21)3;1-7-5-3-2-4-6-7;/h15-16,20H,5-14H2,1-4H3;2-6H,1H3;/q+1;;.